The number of hydrogen-bond acceptors (Lipinski definition) is 1. The lowest BCUT2D eigenvalue weighted by Gasteiger charge is -2.04. The van der Waals surface area contributed by atoms with Gasteiger partial charge in [-0.05, 0) is 12.2 Å². The Kier molecular flexibility index (Phi) is 3.19. The van der Waals surface area contributed by atoms with Crippen molar-refractivity contribution >= 4 is 12.6 Å². The molecule has 0 aromatic heterocycles. The van der Waals surface area contributed by atoms with E-state index in [4.69, 9.17) is 0 Å². The molecule has 0 nitrogen and oxygen atoms in total. The predicted octanol–water partition coefficient (Wildman–Crippen LogP) is 2.72. The number of halogens is 4. The lowest BCUT2D eigenvalue weighted by molar-refractivity contribution is 0.441. The lowest BCUT2D eigenvalue weighted by Crippen LogP contribution is -2.03. The molecule has 0 spiro atoms. The maximum absolute atomic E-state index is 12.8. The molecule has 13 heavy (non-hydrogen) atoms. The second-order valence-electron chi connectivity index (χ2n) is 2.42. The minimum absolute atomic E-state index is 0.122. The van der Waals surface area contributed by atoms with Gasteiger partial charge in [0.15, 0.2) is 23.3 Å². The summed E-state index contributed by atoms with van der Waals surface area (Å²) in [5, 5.41) is 0. The summed E-state index contributed by atoms with van der Waals surface area (Å²) in [6, 6.07) is 0.187. The van der Waals surface area contributed by atoms with Gasteiger partial charge in [-0.1, -0.05) is 0 Å². The number of rotatable bonds is 2. The summed E-state index contributed by atoms with van der Waals surface area (Å²) in [7, 11) is 0. The summed E-state index contributed by atoms with van der Waals surface area (Å²) in [6.45, 7) is 0. The molecule has 0 bridgehead atoms. The van der Waals surface area contributed by atoms with Crippen LogP contribution in [0, 0.1) is 23.3 Å². The highest BCUT2D eigenvalue weighted by atomic mass is 32.1. The van der Waals surface area contributed by atoms with Crippen LogP contribution in [0.3, 0.4) is 0 Å². The van der Waals surface area contributed by atoms with E-state index in [9.17, 15) is 17.6 Å². The summed E-state index contributed by atoms with van der Waals surface area (Å²) >= 11 is 3.72. The van der Waals surface area contributed by atoms with E-state index in [0.717, 1.165) is 0 Å². The van der Waals surface area contributed by atoms with E-state index in [-0.39, 0.29) is 18.2 Å². The van der Waals surface area contributed by atoms with Crippen LogP contribution in [-0.4, -0.2) is 5.75 Å². The molecule has 0 unspecified atom stereocenters. The molecular weight excluding hydrogens is 204 g/mol. The molecule has 0 heterocycles. The van der Waals surface area contributed by atoms with Gasteiger partial charge in [-0.25, -0.2) is 17.6 Å². The topological polar surface area (TPSA) is 0 Å². The van der Waals surface area contributed by atoms with Gasteiger partial charge in [-0.15, -0.1) is 0 Å². The molecule has 0 aliphatic rings. The third-order valence-electron chi connectivity index (χ3n) is 1.56. The standard InChI is InChI=1S/C8H6F4S/c9-5-3-6(10)8(12)4(1-2-13)7(5)11/h3,13H,1-2H2. The van der Waals surface area contributed by atoms with Crippen molar-refractivity contribution in [1.82, 2.24) is 0 Å². The fourth-order valence-corrected chi connectivity index (χ4v) is 1.18. The first-order chi connectivity index (χ1) is 6.07. The molecule has 5 heteroatoms. The average Bonchev–Trinajstić information content (AvgIpc) is 2.09. The summed E-state index contributed by atoms with van der Waals surface area (Å²) in [5.41, 5.74) is -0.590. The van der Waals surface area contributed by atoms with Crippen molar-refractivity contribution < 1.29 is 17.6 Å². The Bertz CT molecular complexity index is 298. The number of benzene rings is 1. The van der Waals surface area contributed by atoms with Crippen molar-refractivity contribution in [1.29, 1.82) is 0 Å². The van der Waals surface area contributed by atoms with Crippen LogP contribution in [0.5, 0.6) is 0 Å². The largest absolute Gasteiger partial charge is 0.204 e. The van der Waals surface area contributed by atoms with Gasteiger partial charge in [0.05, 0.1) is 0 Å². The van der Waals surface area contributed by atoms with E-state index in [2.05, 4.69) is 12.6 Å². The van der Waals surface area contributed by atoms with Crippen LogP contribution in [0.1, 0.15) is 5.56 Å². The lowest BCUT2D eigenvalue weighted by atomic mass is 10.1. The zero-order chi connectivity index (χ0) is 10.0. The summed E-state index contributed by atoms with van der Waals surface area (Å²) in [6.07, 6.45) is -0.143. The summed E-state index contributed by atoms with van der Waals surface area (Å²) < 4.78 is 50.7. The molecule has 0 radical (unpaired) electrons. The van der Waals surface area contributed by atoms with Crippen molar-refractivity contribution in [2.45, 2.75) is 6.42 Å². The van der Waals surface area contributed by atoms with Crippen LogP contribution < -0.4 is 0 Å². The maximum Gasteiger partial charge on any atom is 0.165 e. The molecular formula is C8H6F4S. The van der Waals surface area contributed by atoms with Gasteiger partial charge in [0.1, 0.15) is 0 Å². The van der Waals surface area contributed by atoms with Crippen molar-refractivity contribution in [2.24, 2.45) is 0 Å². The Balaban J connectivity index is 3.28. The van der Waals surface area contributed by atoms with Crippen LogP contribution >= 0.6 is 12.6 Å². The van der Waals surface area contributed by atoms with Gasteiger partial charge in [0.25, 0.3) is 0 Å². The van der Waals surface area contributed by atoms with E-state index in [1.54, 1.807) is 0 Å². The van der Waals surface area contributed by atoms with Gasteiger partial charge in [-0.3, -0.25) is 0 Å². The normalized spacial score (nSPS) is 10.5. The summed E-state index contributed by atoms with van der Waals surface area (Å²) in [5.74, 6) is -5.32. The Morgan fingerprint density at radius 3 is 1.85 bits per heavy atom. The van der Waals surface area contributed by atoms with Gasteiger partial charge >= 0.3 is 0 Å². The van der Waals surface area contributed by atoms with E-state index < -0.39 is 28.8 Å². The minimum atomic E-state index is -1.38. The Morgan fingerprint density at radius 2 is 1.46 bits per heavy atom. The molecule has 1 aromatic carbocycles. The highest BCUT2D eigenvalue weighted by Gasteiger charge is 2.17. The smallest absolute Gasteiger partial charge is 0.165 e. The first-order valence-electron chi connectivity index (χ1n) is 3.50. The van der Waals surface area contributed by atoms with Gasteiger partial charge < -0.3 is 0 Å². The van der Waals surface area contributed by atoms with E-state index in [1.165, 1.54) is 0 Å². The fraction of sp³-hybridized carbons (Fsp3) is 0.250. The van der Waals surface area contributed by atoms with Crippen LogP contribution in [0.25, 0.3) is 0 Å². The van der Waals surface area contributed by atoms with Gasteiger partial charge in [0.2, 0.25) is 0 Å². The van der Waals surface area contributed by atoms with E-state index in [1.807, 2.05) is 0 Å². The van der Waals surface area contributed by atoms with Crippen LogP contribution in [0.15, 0.2) is 6.07 Å². The molecule has 72 valence electrons. The SMILES string of the molecule is Fc1cc(F)c(F)c(CCS)c1F. The molecule has 0 saturated heterocycles. The van der Waals surface area contributed by atoms with E-state index in [0.29, 0.717) is 0 Å². The van der Waals surface area contributed by atoms with Crippen LogP contribution in [0.4, 0.5) is 17.6 Å². The molecule has 0 amide bonds. The summed E-state index contributed by atoms with van der Waals surface area (Å²) in [4.78, 5) is 0. The Labute approximate surface area is 78.0 Å². The highest BCUT2D eigenvalue weighted by Crippen LogP contribution is 2.19. The first kappa shape index (κ1) is 10.4. The Hall–Kier alpha value is -0.710. The second-order valence-corrected chi connectivity index (χ2v) is 2.87. The molecule has 0 fully saturated rings. The average molecular weight is 210 g/mol. The van der Waals surface area contributed by atoms with Crippen molar-refractivity contribution in [3.63, 3.8) is 0 Å². The second kappa shape index (κ2) is 4.00. The molecule has 0 aliphatic heterocycles. The molecule has 0 aliphatic carbocycles. The van der Waals surface area contributed by atoms with Crippen molar-refractivity contribution in [2.75, 3.05) is 5.75 Å². The zero-order valence-electron chi connectivity index (χ0n) is 6.45. The van der Waals surface area contributed by atoms with Gasteiger partial charge in [0, 0.05) is 11.6 Å². The molecule has 1 aromatic rings. The van der Waals surface area contributed by atoms with Crippen LogP contribution in [0.2, 0.25) is 0 Å². The maximum atomic E-state index is 12.8. The molecule has 0 saturated carbocycles. The predicted molar refractivity (Wildman–Crippen MR) is 43.8 cm³/mol. The van der Waals surface area contributed by atoms with Crippen molar-refractivity contribution in [3.8, 4) is 0 Å². The monoisotopic (exact) mass is 210 g/mol. The van der Waals surface area contributed by atoms with Crippen LogP contribution in [-0.2, 0) is 6.42 Å². The minimum Gasteiger partial charge on any atom is -0.204 e. The molecule has 0 atom stereocenters. The number of thiol groups is 1. The number of hydrogen-bond donors (Lipinski definition) is 1. The third kappa shape index (κ3) is 1.96. The third-order valence-corrected chi connectivity index (χ3v) is 1.79. The quantitative estimate of drug-likeness (QED) is 0.433. The van der Waals surface area contributed by atoms with Crippen molar-refractivity contribution in [3.05, 3.63) is 34.9 Å². The molecule has 1 rings (SSSR count). The zero-order valence-corrected chi connectivity index (χ0v) is 7.35. The fourth-order valence-electron chi connectivity index (χ4n) is 0.954. The van der Waals surface area contributed by atoms with E-state index >= 15 is 0 Å². The Morgan fingerprint density at radius 1 is 1.00 bits per heavy atom. The highest BCUT2D eigenvalue weighted by molar-refractivity contribution is 7.80. The molecule has 0 N–H and O–H groups in total. The van der Waals surface area contributed by atoms with Gasteiger partial charge in [-0.2, -0.15) is 12.6 Å². The first-order valence-corrected chi connectivity index (χ1v) is 4.14.